The van der Waals surface area contributed by atoms with Gasteiger partial charge >= 0.3 is 0 Å². The number of rotatable bonds is 5. The van der Waals surface area contributed by atoms with E-state index in [1.807, 2.05) is 6.92 Å². The van der Waals surface area contributed by atoms with Crippen LogP contribution in [0.25, 0.3) is 0 Å². The summed E-state index contributed by atoms with van der Waals surface area (Å²) in [4.78, 5) is 16.4. The van der Waals surface area contributed by atoms with Crippen molar-refractivity contribution >= 4 is 5.91 Å². The summed E-state index contributed by atoms with van der Waals surface area (Å²) in [5.41, 5.74) is -0.658. The summed E-state index contributed by atoms with van der Waals surface area (Å²) >= 11 is 0. The van der Waals surface area contributed by atoms with E-state index in [0.29, 0.717) is 31.3 Å². The first-order valence-corrected chi connectivity index (χ1v) is 7.42. The van der Waals surface area contributed by atoms with Crippen molar-refractivity contribution in [2.45, 2.75) is 57.0 Å². The monoisotopic (exact) mass is 279 g/mol. The molecule has 2 heterocycles. The average Bonchev–Trinajstić information content (AvgIpc) is 2.98. The second-order valence-electron chi connectivity index (χ2n) is 5.87. The summed E-state index contributed by atoms with van der Waals surface area (Å²) < 4.78 is 10.7. The fourth-order valence-electron chi connectivity index (χ4n) is 2.62. The summed E-state index contributed by atoms with van der Waals surface area (Å²) in [6.45, 7) is 3.03. The molecule has 0 bridgehead atoms. The molecule has 2 fully saturated rings. The van der Waals surface area contributed by atoms with E-state index in [1.54, 1.807) is 0 Å². The molecular formula is C14H21N3O3. The van der Waals surface area contributed by atoms with Crippen LogP contribution in [0.4, 0.5) is 0 Å². The molecule has 6 heteroatoms. The lowest BCUT2D eigenvalue weighted by molar-refractivity contribution is -0.139. The minimum Gasteiger partial charge on any atom is -0.365 e. The van der Waals surface area contributed by atoms with Gasteiger partial charge in [0.05, 0.1) is 0 Å². The summed E-state index contributed by atoms with van der Waals surface area (Å²) in [6, 6.07) is 0. The smallest absolute Gasteiger partial charge is 0.251 e. The summed E-state index contributed by atoms with van der Waals surface area (Å²) in [5, 5.41) is 6.86. The van der Waals surface area contributed by atoms with Gasteiger partial charge in [-0.05, 0) is 32.6 Å². The second kappa shape index (κ2) is 5.52. The van der Waals surface area contributed by atoms with E-state index in [9.17, 15) is 4.79 Å². The van der Waals surface area contributed by atoms with E-state index in [4.69, 9.17) is 9.26 Å². The maximum absolute atomic E-state index is 12.0. The minimum absolute atomic E-state index is 0.0438. The van der Waals surface area contributed by atoms with Crippen LogP contribution in [0.1, 0.15) is 56.7 Å². The molecule has 0 unspecified atom stereocenters. The van der Waals surface area contributed by atoms with Gasteiger partial charge in [-0.15, -0.1) is 0 Å². The Labute approximate surface area is 118 Å². The Bertz CT molecular complexity index is 476. The molecule has 2 aliphatic rings. The fraction of sp³-hybridized carbons (Fsp3) is 0.786. The molecule has 6 nitrogen and oxygen atoms in total. The number of ether oxygens (including phenoxy) is 1. The molecule has 110 valence electrons. The number of amides is 1. The van der Waals surface area contributed by atoms with Crippen molar-refractivity contribution in [1.82, 2.24) is 15.5 Å². The molecule has 1 aliphatic carbocycles. The zero-order valence-corrected chi connectivity index (χ0v) is 11.9. The highest BCUT2D eigenvalue weighted by atomic mass is 16.5. The van der Waals surface area contributed by atoms with Crippen LogP contribution in [0.3, 0.4) is 0 Å². The van der Waals surface area contributed by atoms with Gasteiger partial charge in [-0.25, -0.2) is 0 Å². The van der Waals surface area contributed by atoms with Gasteiger partial charge in [0.2, 0.25) is 5.89 Å². The van der Waals surface area contributed by atoms with Crippen molar-refractivity contribution in [3.8, 4) is 0 Å². The van der Waals surface area contributed by atoms with E-state index in [-0.39, 0.29) is 5.91 Å². The molecule has 1 aromatic rings. The number of carbonyl (C=O) groups is 1. The zero-order valence-electron chi connectivity index (χ0n) is 11.9. The van der Waals surface area contributed by atoms with Crippen LogP contribution in [0.5, 0.6) is 0 Å². The van der Waals surface area contributed by atoms with Gasteiger partial charge in [-0.3, -0.25) is 4.79 Å². The highest BCUT2D eigenvalue weighted by molar-refractivity contribution is 5.84. The Morgan fingerprint density at radius 3 is 2.95 bits per heavy atom. The third-order valence-corrected chi connectivity index (χ3v) is 4.27. The van der Waals surface area contributed by atoms with Gasteiger partial charge in [0.15, 0.2) is 5.82 Å². The number of aromatic nitrogens is 2. The molecule has 20 heavy (non-hydrogen) atoms. The van der Waals surface area contributed by atoms with Crippen LogP contribution < -0.4 is 5.32 Å². The molecule has 1 saturated carbocycles. The molecule has 1 saturated heterocycles. The Balaban J connectivity index is 1.45. The molecular weight excluding hydrogens is 258 g/mol. The first-order valence-electron chi connectivity index (χ1n) is 7.42. The average molecular weight is 279 g/mol. The zero-order chi connectivity index (χ0) is 14.0. The van der Waals surface area contributed by atoms with Crippen molar-refractivity contribution in [3.63, 3.8) is 0 Å². The summed E-state index contributed by atoms with van der Waals surface area (Å²) in [6.07, 6.45) is 5.86. The fourth-order valence-corrected chi connectivity index (χ4v) is 2.62. The van der Waals surface area contributed by atoms with Crippen LogP contribution in [-0.4, -0.2) is 34.8 Å². The van der Waals surface area contributed by atoms with Crippen molar-refractivity contribution in [3.05, 3.63) is 11.7 Å². The van der Waals surface area contributed by atoms with Crippen molar-refractivity contribution in [1.29, 1.82) is 0 Å². The predicted molar refractivity (Wildman–Crippen MR) is 71.2 cm³/mol. The Hall–Kier alpha value is -1.43. The molecule has 1 aromatic heterocycles. The lowest BCUT2D eigenvalue weighted by Gasteiger charge is -2.21. The Morgan fingerprint density at radius 1 is 1.45 bits per heavy atom. The summed E-state index contributed by atoms with van der Waals surface area (Å²) in [7, 11) is 0. The lowest BCUT2D eigenvalue weighted by atomic mass is 9.85. The van der Waals surface area contributed by atoms with Gasteiger partial charge in [0.25, 0.3) is 5.91 Å². The maximum atomic E-state index is 12.0. The van der Waals surface area contributed by atoms with Crippen LogP contribution in [0.15, 0.2) is 4.52 Å². The first-order chi connectivity index (χ1) is 9.67. The number of hydrogen-bond acceptors (Lipinski definition) is 5. The number of hydrogen-bond donors (Lipinski definition) is 1. The molecule has 1 N–H and O–H groups in total. The van der Waals surface area contributed by atoms with Crippen molar-refractivity contribution in [2.75, 3.05) is 13.2 Å². The van der Waals surface area contributed by atoms with Crippen LogP contribution in [0.2, 0.25) is 0 Å². The van der Waals surface area contributed by atoms with E-state index in [1.165, 1.54) is 6.42 Å². The van der Waals surface area contributed by atoms with Gasteiger partial charge in [-0.1, -0.05) is 11.6 Å². The largest absolute Gasteiger partial charge is 0.365 e. The predicted octanol–water partition coefficient (Wildman–Crippen LogP) is 1.56. The molecule has 1 aliphatic heterocycles. The Morgan fingerprint density at radius 2 is 2.30 bits per heavy atom. The molecule has 0 aromatic carbocycles. The van der Waals surface area contributed by atoms with Gasteiger partial charge in [0, 0.05) is 25.5 Å². The van der Waals surface area contributed by atoms with Gasteiger partial charge < -0.3 is 14.6 Å². The highest BCUT2D eigenvalue weighted by Gasteiger charge is 2.37. The number of nitrogens with zero attached hydrogens (tertiary/aromatic N) is 2. The van der Waals surface area contributed by atoms with E-state index < -0.39 is 5.60 Å². The van der Waals surface area contributed by atoms with Gasteiger partial charge in [0.1, 0.15) is 5.60 Å². The van der Waals surface area contributed by atoms with E-state index >= 15 is 0 Å². The SMILES string of the molecule is C[C@]1(C(=O)NCCc2noc(C3CCC3)n2)CCCO1. The second-order valence-corrected chi connectivity index (χ2v) is 5.87. The van der Waals surface area contributed by atoms with Crippen molar-refractivity contribution in [2.24, 2.45) is 0 Å². The molecule has 1 amide bonds. The minimum atomic E-state index is -0.658. The molecule has 3 rings (SSSR count). The lowest BCUT2D eigenvalue weighted by Crippen LogP contribution is -2.44. The van der Waals surface area contributed by atoms with Crippen LogP contribution in [0, 0.1) is 0 Å². The number of nitrogens with one attached hydrogen (secondary N) is 1. The van der Waals surface area contributed by atoms with E-state index in [0.717, 1.165) is 31.6 Å². The van der Waals surface area contributed by atoms with Crippen molar-refractivity contribution < 1.29 is 14.1 Å². The highest BCUT2D eigenvalue weighted by Crippen LogP contribution is 2.35. The standard InChI is InChI=1S/C14H21N3O3/c1-14(7-3-9-19-14)13(18)15-8-6-11-16-12(20-17-11)10-4-2-5-10/h10H,2-9H2,1H3,(H,15,18)/t14-/m1/s1. The molecule has 1 atom stereocenters. The molecule has 0 spiro atoms. The third kappa shape index (κ3) is 2.70. The maximum Gasteiger partial charge on any atom is 0.251 e. The van der Waals surface area contributed by atoms with E-state index in [2.05, 4.69) is 15.5 Å². The Kier molecular flexibility index (Phi) is 3.74. The normalized spacial score (nSPS) is 26.4. The van der Waals surface area contributed by atoms with Crippen LogP contribution in [-0.2, 0) is 16.0 Å². The summed E-state index contributed by atoms with van der Waals surface area (Å²) in [5.74, 6) is 1.84. The number of carbonyl (C=O) groups excluding carboxylic acids is 1. The van der Waals surface area contributed by atoms with Crippen LogP contribution >= 0.6 is 0 Å². The first kappa shape index (κ1) is 13.5. The topological polar surface area (TPSA) is 77.3 Å². The molecule has 0 radical (unpaired) electrons. The quantitative estimate of drug-likeness (QED) is 0.885. The van der Waals surface area contributed by atoms with Gasteiger partial charge in [-0.2, -0.15) is 4.98 Å². The third-order valence-electron chi connectivity index (χ3n) is 4.27.